The van der Waals surface area contributed by atoms with Crippen molar-refractivity contribution in [3.63, 3.8) is 0 Å². The van der Waals surface area contributed by atoms with Gasteiger partial charge in [-0.15, -0.1) is 0 Å². The normalized spacial score (nSPS) is 12.0. The van der Waals surface area contributed by atoms with Crippen molar-refractivity contribution < 1.29 is 14.7 Å². The van der Waals surface area contributed by atoms with Crippen LogP contribution in [0.1, 0.15) is 35.0 Å². The zero-order valence-corrected chi connectivity index (χ0v) is 12.8. The summed E-state index contributed by atoms with van der Waals surface area (Å²) in [6.07, 6.45) is 1.39. The number of aromatic nitrogens is 2. The number of carboxylic acids is 1. The van der Waals surface area contributed by atoms with Crippen LogP contribution in [0.5, 0.6) is 0 Å². The Labute approximate surface area is 128 Å². The van der Waals surface area contributed by atoms with E-state index in [0.717, 1.165) is 11.3 Å². The molecule has 2 N–H and O–H groups in total. The van der Waals surface area contributed by atoms with Crippen LogP contribution >= 0.6 is 0 Å². The van der Waals surface area contributed by atoms with Gasteiger partial charge in [0.05, 0.1) is 29.6 Å². The Balaban J connectivity index is 2.23. The zero-order valence-electron chi connectivity index (χ0n) is 12.8. The highest BCUT2D eigenvalue weighted by Crippen LogP contribution is 2.17. The molecule has 1 heterocycles. The molecule has 6 nitrogen and oxygen atoms in total. The second kappa shape index (κ2) is 6.43. The fourth-order valence-electron chi connectivity index (χ4n) is 2.29. The van der Waals surface area contributed by atoms with Crippen molar-refractivity contribution in [3.05, 3.63) is 47.3 Å². The predicted octanol–water partition coefficient (Wildman–Crippen LogP) is 2.08. The molecule has 0 fully saturated rings. The Morgan fingerprint density at radius 1 is 1.32 bits per heavy atom. The number of rotatable bonds is 5. The smallest absolute Gasteiger partial charge is 0.305 e. The average Bonchev–Trinajstić information content (AvgIpc) is 2.80. The molecule has 0 aliphatic heterocycles. The van der Waals surface area contributed by atoms with Crippen molar-refractivity contribution in [1.29, 1.82) is 0 Å². The quantitative estimate of drug-likeness (QED) is 0.885. The van der Waals surface area contributed by atoms with Crippen LogP contribution in [0.2, 0.25) is 0 Å². The summed E-state index contributed by atoms with van der Waals surface area (Å²) in [4.78, 5) is 22.9. The maximum atomic E-state index is 12.2. The molecule has 0 spiro atoms. The van der Waals surface area contributed by atoms with Crippen LogP contribution in [-0.2, 0) is 4.79 Å². The van der Waals surface area contributed by atoms with Gasteiger partial charge in [-0.2, -0.15) is 5.10 Å². The molecular formula is C16H19N3O3. The first-order valence-corrected chi connectivity index (χ1v) is 7.03. The maximum absolute atomic E-state index is 12.2. The number of aryl methyl sites for hydroxylation is 1. The van der Waals surface area contributed by atoms with Crippen molar-refractivity contribution in [1.82, 2.24) is 15.1 Å². The van der Waals surface area contributed by atoms with Gasteiger partial charge in [0.15, 0.2) is 0 Å². The molecule has 1 unspecified atom stereocenters. The van der Waals surface area contributed by atoms with Gasteiger partial charge in [-0.1, -0.05) is 18.2 Å². The van der Waals surface area contributed by atoms with Gasteiger partial charge >= 0.3 is 5.97 Å². The van der Waals surface area contributed by atoms with Crippen LogP contribution in [0.4, 0.5) is 0 Å². The number of para-hydroxylation sites is 1. The molecule has 1 atom stereocenters. The Hall–Kier alpha value is -2.63. The minimum absolute atomic E-state index is 0.114. The van der Waals surface area contributed by atoms with Gasteiger partial charge < -0.3 is 10.4 Å². The number of carbonyl (C=O) groups is 2. The van der Waals surface area contributed by atoms with E-state index in [-0.39, 0.29) is 12.3 Å². The average molecular weight is 301 g/mol. The van der Waals surface area contributed by atoms with Crippen LogP contribution in [0.3, 0.4) is 0 Å². The third-order valence-electron chi connectivity index (χ3n) is 3.46. The number of hydrogen-bond donors (Lipinski definition) is 2. The van der Waals surface area contributed by atoms with E-state index < -0.39 is 12.0 Å². The monoisotopic (exact) mass is 301 g/mol. The molecule has 2 rings (SSSR count). The number of benzene rings is 1. The van der Waals surface area contributed by atoms with Crippen LogP contribution in [0.15, 0.2) is 30.5 Å². The van der Waals surface area contributed by atoms with Crippen molar-refractivity contribution in [2.24, 2.45) is 0 Å². The lowest BCUT2D eigenvalue weighted by Crippen LogP contribution is -2.34. The molecular weight excluding hydrogens is 282 g/mol. The summed E-state index contributed by atoms with van der Waals surface area (Å²) < 4.78 is 1.71. The Morgan fingerprint density at radius 2 is 2.00 bits per heavy atom. The Bertz CT molecular complexity index is 706. The summed E-state index contributed by atoms with van der Waals surface area (Å²) >= 11 is 0. The first kappa shape index (κ1) is 15.8. The minimum atomic E-state index is -0.944. The molecule has 6 heteroatoms. The summed E-state index contributed by atoms with van der Waals surface area (Å²) in [7, 11) is 0. The summed E-state index contributed by atoms with van der Waals surface area (Å²) in [6, 6.07) is 7.33. The number of carbonyl (C=O) groups excluding carboxylic acids is 1. The van der Waals surface area contributed by atoms with Crippen LogP contribution in [0.25, 0.3) is 5.69 Å². The standard InChI is InChI=1S/C16H19N3O3/c1-10-6-4-5-7-14(10)19-12(3)13(9-17-19)16(22)18-11(2)8-15(20)21/h4-7,9,11H,8H2,1-3H3,(H,18,22)(H,20,21). The van der Waals surface area contributed by atoms with Crippen molar-refractivity contribution in [3.8, 4) is 5.69 Å². The largest absolute Gasteiger partial charge is 0.481 e. The summed E-state index contributed by atoms with van der Waals surface area (Å²) in [5.74, 6) is -1.26. The van der Waals surface area contributed by atoms with Crippen LogP contribution in [0, 0.1) is 13.8 Å². The van der Waals surface area contributed by atoms with Gasteiger partial charge in [-0.25, -0.2) is 4.68 Å². The summed E-state index contributed by atoms with van der Waals surface area (Å²) in [6.45, 7) is 5.45. The van der Waals surface area contributed by atoms with Crippen LogP contribution in [-0.4, -0.2) is 32.8 Å². The molecule has 0 bridgehead atoms. The number of amides is 1. The molecule has 116 valence electrons. The summed E-state index contributed by atoms with van der Waals surface area (Å²) in [5, 5.41) is 15.7. The van der Waals surface area contributed by atoms with Gasteiger partial charge in [0.25, 0.3) is 5.91 Å². The van der Waals surface area contributed by atoms with Crippen molar-refractivity contribution in [2.75, 3.05) is 0 Å². The third-order valence-corrected chi connectivity index (χ3v) is 3.46. The molecule has 0 radical (unpaired) electrons. The Morgan fingerprint density at radius 3 is 2.64 bits per heavy atom. The van der Waals surface area contributed by atoms with Gasteiger partial charge in [-0.3, -0.25) is 9.59 Å². The van der Waals surface area contributed by atoms with E-state index in [4.69, 9.17) is 5.11 Å². The maximum Gasteiger partial charge on any atom is 0.305 e. The molecule has 0 saturated carbocycles. The van der Waals surface area contributed by atoms with E-state index in [1.165, 1.54) is 6.20 Å². The second-order valence-corrected chi connectivity index (χ2v) is 5.31. The number of hydrogen-bond acceptors (Lipinski definition) is 3. The first-order chi connectivity index (χ1) is 10.4. The lowest BCUT2D eigenvalue weighted by atomic mass is 10.1. The van der Waals surface area contributed by atoms with Crippen LogP contribution < -0.4 is 5.32 Å². The SMILES string of the molecule is Cc1ccccc1-n1ncc(C(=O)NC(C)CC(=O)O)c1C. The van der Waals surface area contributed by atoms with E-state index >= 15 is 0 Å². The van der Waals surface area contributed by atoms with E-state index in [0.29, 0.717) is 11.3 Å². The highest BCUT2D eigenvalue weighted by atomic mass is 16.4. The molecule has 1 amide bonds. The summed E-state index contributed by atoms with van der Waals surface area (Å²) in [5.41, 5.74) is 3.13. The van der Waals surface area contributed by atoms with Crippen molar-refractivity contribution in [2.45, 2.75) is 33.2 Å². The molecule has 2 aromatic rings. The predicted molar refractivity (Wildman–Crippen MR) is 82.2 cm³/mol. The van der Waals surface area contributed by atoms with Gasteiger partial charge in [0.2, 0.25) is 0 Å². The van der Waals surface area contributed by atoms with Gasteiger partial charge in [0, 0.05) is 6.04 Å². The van der Waals surface area contributed by atoms with E-state index in [1.807, 2.05) is 38.1 Å². The molecule has 0 saturated heterocycles. The molecule has 0 aliphatic carbocycles. The number of aliphatic carboxylic acids is 1. The van der Waals surface area contributed by atoms with Gasteiger partial charge in [-0.05, 0) is 32.4 Å². The second-order valence-electron chi connectivity index (χ2n) is 5.31. The lowest BCUT2D eigenvalue weighted by Gasteiger charge is -2.12. The molecule has 0 aliphatic rings. The highest BCUT2D eigenvalue weighted by Gasteiger charge is 2.18. The van der Waals surface area contributed by atoms with E-state index in [9.17, 15) is 9.59 Å². The van der Waals surface area contributed by atoms with Gasteiger partial charge in [0.1, 0.15) is 0 Å². The fraction of sp³-hybridized carbons (Fsp3) is 0.312. The number of nitrogens with one attached hydrogen (secondary N) is 1. The molecule has 1 aromatic heterocycles. The molecule has 1 aromatic carbocycles. The number of carboxylic acid groups (broad SMARTS) is 1. The minimum Gasteiger partial charge on any atom is -0.481 e. The van der Waals surface area contributed by atoms with E-state index in [1.54, 1.807) is 11.6 Å². The van der Waals surface area contributed by atoms with Crippen molar-refractivity contribution >= 4 is 11.9 Å². The zero-order chi connectivity index (χ0) is 16.3. The first-order valence-electron chi connectivity index (χ1n) is 7.03. The fourth-order valence-corrected chi connectivity index (χ4v) is 2.29. The number of nitrogens with zero attached hydrogens (tertiary/aromatic N) is 2. The Kier molecular flexibility index (Phi) is 4.60. The highest BCUT2D eigenvalue weighted by molar-refractivity contribution is 5.95. The topological polar surface area (TPSA) is 84.2 Å². The van der Waals surface area contributed by atoms with E-state index in [2.05, 4.69) is 10.4 Å². The molecule has 22 heavy (non-hydrogen) atoms. The third kappa shape index (κ3) is 3.33. The lowest BCUT2D eigenvalue weighted by molar-refractivity contribution is -0.137.